The molecule has 1 aliphatic carbocycles. The Bertz CT molecular complexity index is 650. The van der Waals surface area contributed by atoms with E-state index in [9.17, 15) is 13.2 Å². The summed E-state index contributed by atoms with van der Waals surface area (Å²) < 4.78 is 31.6. The lowest BCUT2D eigenvalue weighted by atomic mass is 10.1. The first kappa shape index (κ1) is 20.9. The van der Waals surface area contributed by atoms with Crippen molar-refractivity contribution in [1.82, 2.24) is 10.0 Å². The lowest BCUT2D eigenvalue weighted by Gasteiger charge is -2.16. The molecule has 0 aromatic heterocycles. The van der Waals surface area contributed by atoms with E-state index < -0.39 is 10.0 Å². The standard InChI is InChI=1S/C15H23N3O4S.ClH/c1-22-8-7-17-23(20,21)13-4-2-3-12(9-13)15(19)18-14(10-16)11-5-6-11;/h2-4,9,11,14,17H,5-8,10,16H2,1H3,(H,18,19);1H. The van der Waals surface area contributed by atoms with Gasteiger partial charge in [0.1, 0.15) is 0 Å². The summed E-state index contributed by atoms with van der Waals surface area (Å²) in [6, 6.07) is 5.90. The molecule has 1 unspecified atom stereocenters. The van der Waals surface area contributed by atoms with Crippen LogP contribution >= 0.6 is 12.4 Å². The number of sulfonamides is 1. The summed E-state index contributed by atoms with van der Waals surface area (Å²) in [5, 5.41) is 2.88. The van der Waals surface area contributed by atoms with Crippen LogP contribution in [-0.4, -0.2) is 47.2 Å². The zero-order valence-electron chi connectivity index (χ0n) is 13.5. The highest BCUT2D eigenvalue weighted by Gasteiger charge is 2.31. The summed E-state index contributed by atoms with van der Waals surface area (Å²) in [6.45, 7) is 0.831. The maximum atomic E-state index is 12.3. The number of methoxy groups -OCH3 is 1. The van der Waals surface area contributed by atoms with Gasteiger partial charge in [-0.15, -0.1) is 12.4 Å². The van der Waals surface area contributed by atoms with E-state index in [1.165, 1.54) is 19.2 Å². The lowest BCUT2D eigenvalue weighted by Crippen LogP contribution is -2.41. The van der Waals surface area contributed by atoms with Gasteiger partial charge in [-0.25, -0.2) is 13.1 Å². The predicted octanol–water partition coefficient (Wildman–Crippen LogP) is 0.500. The van der Waals surface area contributed by atoms with Crippen LogP contribution in [0.2, 0.25) is 0 Å². The normalized spacial score (nSPS) is 15.4. The highest BCUT2D eigenvalue weighted by molar-refractivity contribution is 7.89. The fourth-order valence-electron chi connectivity index (χ4n) is 2.29. The summed E-state index contributed by atoms with van der Waals surface area (Å²) in [5.74, 6) is 0.132. The molecule has 1 aromatic carbocycles. The Hall–Kier alpha value is -1.19. The molecular weight excluding hydrogens is 354 g/mol. The maximum absolute atomic E-state index is 12.3. The van der Waals surface area contributed by atoms with E-state index in [1.54, 1.807) is 12.1 Å². The molecule has 1 amide bonds. The van der Waals surface area contributed by atoms with Gasteiger partial charge in [0.15, 0.2) is 0 Å². The number of nitrogens with two attached hydrogens (primary N) is 1. The molecule has 136 valence electrons. The van der Waals surface area contributed by atoms with E-state index in [2.05, 4.69) is 10.0 Å². The monoisotopic (exact) mass is 377 g/mol. The molecule has 1 fully saturated rings. The number of amides is 1. The van der Waals surface area contributed by atoms with Crippen molar-refractivity contribution < 1.29 is 17.9 Å². The van der Waals surface area contributed by atoms with Crippen molar-refractivity contribution in [3.05, 3.63) is 29.8 Å². The molecule has 24 heavy (non-hydrogen) atoms. The third kappa shape index (κ3) is 5.71. The third-order valence-corrected chi connectivity index (χ3v) is 5.22. The van der Waals surface area contributed by atoms with Gasteiger partial charge in [0.2, 0.25) is 10.0 Å². The molecule has 4 N–H and O–H groups in total. The van der Waals surface area contributed by atoms with Gasteiger partial charge in [-0.2, -0.15) is 0 Å². The minimum absolute atomic E-state index is 0. The topological polar surface area (TPSA) is 111 Å². The zero-order chi connectivity index (χ0) is 16.9. The van der Waals surface area contributed by atoms with Gasteiger partial charge in [0.25, 0.3) is 5.91 Å². The van der Waals surface area contributed by atoms with E-state index in [-0.39, 0.29) is 42.4 Å². The van der Waals surface area contributed by atoms with E-state index in [1.807, 2.05) is 0 Å². The van der Waals surface area contributed by atoms with E-state index in [0.717, 1.165) is 12.8 Å². The summed E-state index contributed by atoms with van der Waals surface area (Å²) >= 11 is 0. The molecule has 1 atom stereocenters. The van der Waals surface area contributed by atoms with Gasteiger partial charge in [-0.1, -0.05) is 6.07 Å². The molecule has 9 heteroatoms. The molecule has 0 heterocycles. The molecular formula is C15H24ClN3O4S. The average Bonchev–Trinajstić information content (AvgIpc) is 3.37. The smallest absolute Gasteiger partial charge is 0.251 e. The van der Waals surface area contributed by atoms with Crippen molar-refractivity contribution in [2.75, 3.05) is 26.8 Å². The zero-order valence-corrected chi connectivity index (χ0v) is 15.2. The van der Waals surface area contributed by atoms with Crippen molar-refractivity contribution in [3.8, 4) is 0 Å². The van der Waals surface area contributed by atoms with Crippen LogP contribution in [-0.2, 0) is 14.8 Å². The van der Waals surface area contributed by atoms with Crippen molar-refractivity contribution in [2.45, 2.75) is 23.8 Å². The second-order valence-corrected chi connectivity index (χ2v) is 7.34. The molecule has 0 radical (unpaired) electrons. The first-order valence-electron chi connectivity index (χ1n) is 7.57. The van der Waals surface area contributed by atoms with Gasteiger partial charge in [0, 0.05) is 31.8 Å². The van der Waals surface area contributed by atoms with E-state index in [4.69, 9.17) is 10.5 Å². The van der Waals surface area contributed by atoms with Crippen molar-refractivity contribution in [1.29, 1.82) is 0 Å². The van der Waals surface area contributed by atoms with Crippen LogP contribution in [0.3, 0.4) is 0 Å². The van der Waals surface area contributed by atoms with Crippen molar-refractivity contribution >= 4 is 28.3 Å². The number of ether oxygens (including phenoxy) is 1. The number of hydrogen-bond acceptors (Lipinski definition) is 5. The van der Waals surface area contributed by atoms with Crippen LogP contribution in [0.5, 0.6) is 0 Å². The number of halogens is 1. The molecule has 0 spiro atoms. The Morgan fingerprint density at radius 2 is 2.12 bits per heavy atom. The molecule has 1 saturated carbocycles. The number of carbonyl (C=O) groups excluding carboxylic acids is 1. The van der Waals surface area contributed by atoms with Crippen LogP contribution in [0, 0.1) is 5.92 Å². The first-order valence-corrected chi connectivity index (χ1v) is 9.06. The Kier molecular flexibility index (Phi) is 8.11. The Balaban J connectivity index is 0.00000288. The van der Waals surface area contributed by atoms with Gasteiger partial charge in [-0.05, 0) is 37.0 Å². The number of nitrogens with one attached hydrogen (secondary N) is 2. The summed E-state index contributed by atoms with van der Waals surface area (Å²) in [7, 11) is -2.17. The second kappa shape index (κ2) is 9.33. The molecule has 1 aromatic rings. The SMILES string of the molecule is COCCNS(=O)(=O)c1cccc(C(=O)NC(CN)C2CC2)c1.Cl. The largest absolute Gasteiger partial charge is 0.383 e. The molecule has 0 saturated heterocycles. The summed E-state index contributed by atoms with van der Waals surface area (Å²) in [4.78, 5) is 12.3. The van der Waals surface area contributed by atoms with Gasteiger partial charge in [0.05, 0.1) is 11.5 Å². The minimum Gasteiger partial charge on any atom is -0.383 e. The molecule has 0 bridgehead atoms. The molecule has 2 rings (SSSR count). The van der Waals surface area contributed by atoms with Crippen LogP contribution in [0.15, 0.2) is 29.2 Å². The molecule has 1 aliphatic rings. The lowest BCUT2D eigenvalue weighted by molar-refractivity contribution is 0.0933. The highest BCUT2D eigenvalue weighted by atomic mass is 35.5. The van der Waals surface area contributed by atoms with Crippen molar-refractivity contribution in [3.63, 3.8) is 0 Å². The Morgan fingerprint density at radius 3 is 2.71 bits per heavy atom. The quantitative estimate of drug-likeness (QED) is 0.543. The number of carbonyl (C=O) groups is 1. The van der Waals surface area contributed by atoms with E-state index in [0.29, 0.717) is 18.0 Å². The van der Waals surface area contributed by atoms with Crippen LogP contribution < -0.4 is 15.8 Å². The molecule has 0 aliphatic heterocycles. The van der Waals surface area contributed by atoms with Crippen molar-refractivity contribution in [2.24, 2.45) is 11.7 Å². The first-order chi connectivity index (χ1) is 11.0. The van der Waals surface area contributed by atoms with Gasteiger partial charge >= 0.3 is 0 Å². The van der Waals surface area contributed by atoms with Crippen LogP contribution in [0.1, 0.15) is 23.2 Å². The van der Waals surface area contributed by atoms with E-state index >= 15 is 0 Å². The van der Waals surface area contributed by atoms with Gasteiger partial charge in [-0.3, -0.25) is 4.79 Å². The number of benzene rings is 1. The van der Waals surface area contributed by atoms with Crippen LogP contribution in [0.25, 0.3) is 0 Å². The van der Waals surface area contributed by atoms with Crippen LogP contribution in [0.4, 0.5) is 0 Å². The molecule has 7 nitrogen and oxygen atoms in total. The number of hydrogen-bond donors (Lipinski definition) is 3. The summed E-state index contributed by atoms with van der Waals surface area (Å²) in [5.41, 5.74) is 5.98. The highest BCUT2D eigenvalue weighted by Crippen LogP contribution is 2.32. The average molecular weight is 378 g/mol. The fourth-order valence-corrected chi connectivity index (χ4v) is 3.34. The number of rotatable bonds is 9. The minimum atomic E-state index is -3.66. The Labute approximate surface area is 148 Å². The maximum Gasteiger partial charge on any atom is 0.251 e. The Morgan fingerprint density at radius 1 is 1.42 bits per heavy atom. The fraction of sp³-hybridized carbons (Fsp3) is 0.533. The third-order valence-electron chi connectivity index (χ3n) is 3.77. The summed E-state index contributed by atoms with van der Waals surface area (Å²) in [6.07, 6.45) is 2.14. The second-order valence-electron chi connectivity index (χ2n) is 5.57. The van der Waals surface area contributed by atoms with Gasteiger partial charge < -0.3 is 15.8 Å². The predicted molar refractivity (Wildman–Crippen MR) is 93.8 cm³/mol.